The number of aliphatic imine (C=N–C) groups is 1. The molecular formula is C22H36N4O3. The monoisotopic (exact) mass is 404 g/mol. The van der Waals surface area contributed by atoms with E-state index < -0.39 is 0 Å². The number of rotatable bonds is 11. The highest BCUT2D eigenvalue weighted by Crippen LogP contribution is 2.14. The van der Waals surface area contributed by atoms with Crippen molar-refractivity contribution in [2.24, 2.45) is 10.9 Å². The molecule has 7 heteroatoms. The highest BCUT2D eigenvalue weighted by Gasteiger charge is 2.13. The first kappa shape index (κ1) is 23.2. The number of carbonyl (C=O) groups excluding carboxylic acids is 1. The summed E-state index contributed by atoms with van der Waals surface area (Å²) in [5.74, 6) is 1.40. The number of nitrogens with one attached hydrogen (secondary N) is 3. The van der Waals surface area contributed by atoms with Crippen molar-refractivity contribution in [1.29, 1.82) is 0 Å². The van der Waals surface area contributed by atoms with Gasteiger partial charge in [0.25, 0.3) is 5.91 Å². The van der Waals surface area contributed by atoms with Crippen LogP contribution in [0.5, 0.6) is 0 Å². The van der Waals surface area contributed by atoms with Crippen LogP contribution in [0.2, 0.25) is 0 Å². The topological polar surface area (TPSA) is 84.0 Å². The maximum Gasteiger partial charge on any atom is 0.251 e. The molecule has 1 aromatic carbocycles. The largest absolute Gasteiger partial charge is 0.381 e. The van der Waals surface area contributed by atoms with Crippen LogP contribution in [0.25, 0.3) is 0 Å². The van der Waals surface area contributed by atoms with E-state index in [-0.39, 0.29) is 5.91 Å². The minimum absolute atomic E-state index is 0.0448. The standard InChI is InChI=1S/C22H36N4O3/c1-3-23-21(27)20-8-6-18(7-9-20)16-26-22(24-4-2)25-12-5-13-29-17-19-10-14-28-15-11-19/h6-9,19H,3-5,10-17H2,1-2H3,(H,23,27)(H2,24,25,26). The lowest BCUT2D eigenvalue weighted by atomic mass is 10.0. The summed E-state index contributed by atoms with van der Waals surface area (Å²) in [5.41, 5.74) is 1.74. The second kappa shape index (κ2) is 14.0. The summed E-state index contributed by atoms with van der Waals surface area (Å²) in [6.45, 7) is 10.1. The van der Waals surface area contributed by atoms with Gasteiger partial charge in [0.15, 0.2) is 5.96 Å². The van der Waals surface area contributed by atoms with Crippen LogP contribution < -0.4 is 16.0 Å². The summed E-state index contributed by atoms with van der Waals surface area (Å²) < 4.78 is 11.2. The highest BCUT2D eigenvalue weighted by molar-refractivity contribution is 5.94. The van der Waals surface area contributed by atoms with Crippen LogP contribution in [0.15, 0.2) is 29.3 Å². The molecule has 0 aliphatic carbocycles. The molecule has 3 N–H and O–H groups in total. The molecule has 0 aromatic heterocycles. The number of hydrogen-bond acceptors (Lipinski definition) is 4. The van der Waals surface area contributed by atoms with E-state index in [1.165, 1.54) is 0 Å². The molecule has 1 aromatic rings. The number of nitrogens with zero attached hydrogens (tertiary/aromatic N) is 1. The van der Waals surface area contributed by atoms with Crippen LogP contribution in [0, 0.1) is 5.92 Å². The Morgan fingerprint density at radius 1 is 1.10 bits per heavy atom. The zero-order valence-electron chi connectivity index (χ0n) is 17.8. The van der Waals surface area contributed by atoms with Gasteiger partial charge in [-0.25, -0.2) is 4.99 Å². The third-order valence-electron chi connectivity index (χ3n) is 4.77. The van der Waals surface area contributed by atoms with Gasteiger partial charge in [0.2, 0.25) is 0 Å². The molecule has 1 aliphatic heterocycles. The van der Waals surface area contributed by atoms with Gasteiger partial charge in [-0.3, -0.25) is 4.79 Å². The predicted octanol–water partition coefficient (Wildman–Crippen LogP) is 2.32. The minimum atomic E-state index is -0.0448. The Balaban J connectivity index is 1.68. The molecule has 0 spiro atoms. The van der Waals surface area contributed by atoms with E-state index in [0.717, 1.165) is 70.3 Å². The van der Waals surface area contributed by atoms with Gasteiger partial charge in [-0.2, -0.15) is 0 Å². The molecule has 0 unspecified atom stereocenters. The van der Waals surface area contributed by atoms with Crippen molar-refractivity contribution >= 4 is 11.9 Å². The van der Waals surface area contributed by atoms with Crippen molar-refractivity contribution in [1.82, 2.24) is 16.0 Å². The molecule has 1 amide bonds. The maximum absolute atomic E-state index is 11.8. The fourth-order valence-electron chi connectivity index (χ4n) is 3.08. The summed E-state index contributed by atoms with van der Waals surface area (Å²) in [6.07, 6.45) is 3.16. The van der Waals surface area contributed by atoms with Crippen molar-refractivity contribution in [2.45, 2.75) is 39.7 Å². The molecule has 162 valence electrons. The molecule has 0 atom stereocenters. The Morgan fingerprint density at radius 2 is 1.83 bits per heavy atom. The average Bonchev–Trinajstić information content (AvgIpc) is 2.75. The number of carbonyl (C=O) groups is 1. The summed E-state index contributed by atoms with van der Waals surface area (Å²) >= 11 is 0. The first-order valence-corrected chi connectivity index (χ1v) is 10.8. The van der Waals surface area contributed by atoms with Crippen molar-refractivity contribution in [3.63, 3.8) is 0 Å². The Bertz CT molecular complexity index is 613. The SMILES string of the molecule is CCNC(=O)c1ccc(CN=C(NCC)NCCCOCC2CCOCC2)cc1. The number of hydrogen-bond donors (Lipinski definition) is 3. The van der Waals surface area contributed by atoms with Crippen LogP contribution in [-0.2, 0) is 16.0 Å². The Morgan fingerprint density at radius 3 is 2.52 bits per heavy atom. The van der Waals surface area contributed by atoms with E-state index >= 15 is 0 Å². The van der Waals surface area contributed by atoms with Gasteiger partial charge in [-0.15, -0.1) is 0 Å². The third-order valence-corrected chi connectivity index (χ3v) is 4.77. The molecule has 29 heavy (non-hydrogen) atoms. The van der Waals surface area contributed by atoms with E-state index in [9.17, 15) is 4.79 Å². The molecule has 2 rings (SSSR count). The Hall–Kier alpha value is -2.12. The summed E-state index contributed by atoms with van der Waals surface area (Å²) in [4.78, 5) is 16.4. The summed E-state index contributed by atoms with van der Waals surface area (Å²) in [6, 6.07) is 7.57. The van der Waals surface area contributed by atoms with E-state index in [1.54, 1.807) is 0 Å². The fraction of sp³-hybridized carbons (Fsp3) is 0.636. The van der Waals surface area contributed by atoms with Crippen LogP contribution >= 0.6 is 0 Å². The fourth-order valence-corrected chi connectivity index (χ4v) is 3.08. The van der Waals surface area contributed by atoms with Crippen LogP contribution in [0.4, 0.5) is 0 Å². The van der Waals surface area contributed by atoms with Gasteiger partial charge in [0, 0.05) is 51.6 Å². The lowest BCUT2D eigenvalue weighted by Crippen LogP contribution is -2.38. The van der Waals surface area contributed by atoms with Crippen LogP contribution in [0.3, 0.4) is 0 Å². The second-order valence-electron chi connectivity index (χ2n) is 7.16. The normalized spacial score (nSPS) is 15.2. The quantitative estimate of drug-likeness (QED) is 0.299. The molecule has 0 saturated carbocycles. The summed E-state index contributed by atoms with van der Waals surface area (Å²) in [5, 5.41) is 9.41. The molecule has 1 aliphatic rings. The molecule has 0 bridgehead atoms. The number of ether oxygens (including phenoxy) is 2. The Kier molecular flexibility index (Phi) is 11.1. The zero-order valence-corrected chi connectivity index (χ0v) is 17.8. The highest BCUT2D eigenvalue weighted by atomic mass is 16.5. The minimum Gasteiger partial charge on any atom is -0.381 e. The maximum atomic E-state index is 11.8. The van der Waals surface area contributed by atoms with Gasteiger partial charge in [-0.1, -0.05) is 12.1 Å². The molecule has 1 saturated heterocycles. The van der Waals surface area contributed by atoms with Crippen LogP contribution in [-0.4, -0.2) is 57.9 Å². The smallest absolute Gasteiger partial charge is 0.251 e. The van der Waals surface area contributed by atoms with Gasteiger partial charge in [0.1, 0.15) is 0 Å². The van der Waals surface area contributed by atoms with E-state index in [4.69, 9.17) is 9.47 Å². The van der Waals surface area contributed by atoms with E-state index in [0.29, 0.717) is 24.6 Å². The van der Waals surface area contributed by atoms with Crippen molar-refractivity contribution in [3.8, 4) is 0 Å². The molecule has 0 radical (unpaired) electrons. The Labute approximate surface area is 174 Å². The van der Waals surface area contributed by atoms with Crippen molar-refractivity contribution in [3.05, 3.63) is 35.4 Å². The lowest BCUT2D eigenvalue weighted by Gasteiger charge is -2.21. The van der Waals surface area contributed by atoms with Crippen molar-refractivity contribution in [2.75, 3.05) is 46.1 Å². The van der Waals surface area contributed by atoms with Gasteiger partial charge in [0.05, 0.1) is 6.54 Å². The number of amides is 1. The zero-order chi connectivity index (χ0) is 20.7. The lowest BCUT2D eigenvalue weighted by molar-refractivity contribution is 0.0203. The average molecular weight is 405 g/mol. The molecule has 1 heterocycles. The third kappa shape index (κ3) is 9.28. The molecular weight excluding hydrogens is 368 g/mol. The molecule has 1 fully saturated rings. The first-order valence-electron chi connectivity index (χ1n) is 10.8. The molecule has 7 nitrogen and oxygen atoms in total. The van der Waals surface area contributed by atoms with Gasteiger partial charge >= 0.3 is 0 Å². The van der Waals surface area contributed by atoms with E-state index in [2.05, 4.69) is 27.9 Å². The number of benzene rings is 1. The second-order valence-corrected chi connectivity index (χ2v) is 7.16. The van der Waals surface area contributed by atoms with Crippen molar-refractivity contribution < 1.29 is 14.3 Å². The van der Waals surface area contributed by atoms with Gasteiger partial charge < -0.3 is 25.4 Å². The van der Waals surface area contributed by atoms with E-state index in [1.807, 2.05) is 31.2 Å². The first-order chi connectivity index (χ1) is 14.2. The summed E-state index contributed by atoms with van der Waals surface area (Å²) in [7, 11) is 0. The number of guanidine groups is 1. The predicted molar refractivity (Wildman–Crippen MR) is 116 cm³/mol. The van der Waals surface area contributed by atoms with Gasteiger partial charge in [-0.05, 0) is 56.7 Å². The van der Waals surface area contributed by atoms with Crippen LogP contribution in [0.1, 0.15) is 49.0 Å².